The van der Waals surface area contributed by atoms with Gasteiger partial charge in [-0.1, -0.05) is 0 Å². The summed E-state index contributed by atoms with van der Waals surface area (Å²) in [5.74, 6) is -1.36. The van der Waals surface area contributed by atoms with Gasteiger partial charge in [-0.25, -0.2) is 4.39 Å². The number of carboxylic acids is 1. The topological polar surface area (TPSA) is 57.6 Å². The van der Waals surface area contributed by atoms with Crippen LogP contribution in [0.1, 0.15) is 29.6 Å². The van der Waals surface area contributed by atoms with Crippen LogP contribution in [-0.4, -0.2) is 35.0 Å². The van der Waals surface area contributed by atoms with Crippen molar-refractivity contribution in [1.82, 2.24) is 4.90 Å². The monoisotopic (exact) mass is 265 g/mol. The Morgan fingerprint density at radius 2 is 2.00 bits per heavy atom. The molecule has 0 saturated carbocycles. The van der Waals surface area contributed by atoms with Gasteiger partial charge < -0.3 is 10.0 Å². The van der Waals surface area contributed by atoms with Gasteiger partial charge >= 0.3 is 5.97 Å². The van der Waals surface area contributed by atoms with Crippen molar-refractivity contribution < 1.29 is 19.1 Å². The summed E-state index contributed by atoms with van der Waals surface area (Å²) >= 11 is 0. The highest BCUT2D eigenvalue weighted by atomic mass is 19.1. The molecule has 1 fully saturated rings. The predicted octanol–water partition coefficient (Wildman–Crippen LogP) is 2.15. The summed E-state index contributed by atoms with van der Waals surface area (Å²) in [6.45, 7) is 1.09. The average molecular weight is 265 g/mol. The third-order valence-electron chi connectivity index (χ3n) is 3.36. The lowest BCUT2D eigenvalue weighted by molar-refractivity contribution is -0.138. The smallest absolute Gasteiger partial charge is 0.303 e. The van der Waals surface area contributed by atoms with E-state index in [0.29, 0.717) is 18.7 Å². The van der Waals surface area contributed by atoms with Crippen LogP contribution in [0.2, 0.25) is 0 Å². The second-order valence-electron chi connectivity index (χ2n) is 4.86. The summed E-state index contributed by atoms with van der Waals surface area (Å²) in [4.78, 5) is 24.6. The molecule has 0 unspecified atom stereocenters. The van der Waals surface area contributed by atoms with Crippen molar-refractivity contribution in [2.45, 2.75) is 19.3 Å². The molecule has 1 saturated heterocycles. The zero-order valence-electron chi connectivity index (χ0n) is 10.5. The summed E-state index contributed by atoms with van der Waals surface area (Å²) in [7, 11) is 0. The van der Waals surface area contributed by atoms with Crippen molar-refractivity contribution in [2.24, 2.45) is 5.92 Å². The van der Waals surface area contributed by atoms with Gasteiger partial charge in [0.25, 0.3) is 5.91 Å². The number of rotatable bonds is 3. The molecule has 1 aromatic carbocycles. The number of amides is 1. The maximum Gasteiger partial charge on any atom is 0.303 e. The average Bonchev–Trinajstić information content (AvgIpc) is 2.38. The molecule has 0 aliphatic carbocycles. The first-order valence-corrected chi connectivity index (χ1v) is 6.33. The number of hydrogen-bond donors (Lipinski definition) is 1. The number of carboxylic acid groups (broad SMARTS) is 1. The van der Waals surface area contributed by atoms with Crippen LogP contribution >= 0.6 is 0 Å². The van der Waals surface area contributed by atoms with Crippen LogP contribution in [-0.2, 0) is 4.79 Å². The Balaban J connectivity index is 2.02. The molecule has 0 radical (unpaired) electrons. The van der Waals surface area contributed by atoms with Crippen LogP contribution in [0.3, 0.4) is 0 Å². The molecule has 1 amide bonds. The van der Waals surface area contributed by atoms with Crippen LogP contribution in [0.25, 0.3) is 0 Å². The first kappa shape index (κ1) is 13.5. The van der Waals surface area contributed by atoms with E-state index >= 15 is 0 Å². The van der Waals surface area contributed by atoms with Gasteiger partial charge in [-0.05, 0) is 43.0 Å². The Hall–Kier alpha value is -1.91. The minimum atomic E-state index is -0.832. The van der Waals surface area contributed by atoms with Crippen molar-refractivity contribution in [3.05, 3.63) is 35.6 Å². The fraction of sp³-hybridized carbons (Fsp3) is 0.429. The molecule has 0 spiro atoms. The van der Waals surface area contributed by atoms with E-state index in [1.165, 1.54) is 24.3 Å². The largest absolute Gasteiger partial charge is 0.481 e. The second kappa shape index (κ2) is 5.82. The molecule has 102 valence electrons. The van der Waals surface area contributed by atoms with Crippen LogP contribution in [0.15, 0.2) is 24.3 Å². The molecule has 1 aromatic rings. The highest BCUT2D eigenvalue weighted by Crippen LogP contribution is 2.21. The molecule has 1 N–H and O–H groups in total. The quantitative estimate of drug-likeness (QED) is 0.911. The predicted molar refractivity (Wildman–Crippen MR) is 67.3 cm³/mol. The normalized spacial score (nSPS) is 19.2. The van der Waals surface area contributed by atoms with Crippen molar-refractivity contribution >= 4 is 11.9 Å². The van der Waals surface area contributed by atoms with E-state index in [4.69, 9.17) is 5.11 Å². The zero-order chi connectivity index (χ0) is 13.8. The van der Waals surface area contributed by atoms with E-state index in [0.717, 1.165) is 12.8 Å². The van der Waals surface area contributed by atoms with Gasteiger partial charge in [0.05, 0.1) is 0 Å². The number of carbonyl (C=O) groups is 2. The molecule has 1 atom stereocenters. The molecule has 19 heavy (non-hydrogen) atoms. The highest BCUT2D eigenvalue weighted by molar-refractivity contribution is 5.94. The Morgan fingerprint density at radius 3 is 2.63 bits per heavy atom. The first-order chi connectivity index (χ1) is 9.06. The summed E-state index contributed by atoms with van der Waals surface area (Å²) in [5, 5.41) is 8.79. The Labute approximate surface area is 110 Å². The van der Waals surface area contributed by atoms with Crippen LogP contribution in [0.4, 0.5) is 4.39 Å². The molecule has 1 heterocycles. The van der Waals surface area contributed by atoms with Gasteiger partial charge in [-0.2, -0.15) is 0 Å². The Bertz CT molecular complexity index is 472. The van der Waals surface area contributed by atoms with E-state index in [1.807, 2.05) is 0 Å². The number of aliphatic carboxylic acids is 1. The molecular formula is C14H16FNO3. The maximum atomic E-state index is 12.8. The fourth-order valence-corrected chi connectivity index (χ4v) is 2.44. The van der Waals surface area contributed by atoms with Crippen LogP contribution in [0, 0.1) is 11.7 Å². The summed E-state index contributed by atoms with van der Waals surface area (Å²) in [6, 6.07) is 5.43. The molecule has 0 aromatic heterocycles. The fourth-order valence-electron chi connectivity index (χ4n) is 2.44. The molecule has 2 rings (SSSR count). The lowest BCUT2D eigenvalue weighted by atomic mass is 9.94. The number of benzene rings is 1. The van der Waals surface area contributed by atoms with Crippen LogP contribution in [0.5, 0.6) is 0 Å². The minimum absolute atomic E-state index is 0.00986. The van der Waals surface area contributed by atoms with E-state index in [9.17, 15) is 14.0 Å². The summed E-state index contributed by atoms with van der Waals surface area (Å²) in [6.07, 6.45) is 1.73. The third-order valence-corrected chi connectivity index (χ3v) is 3.36. The van der Waals surface area contributed by atoms with Gasteiger partial charge in [0.1, 0.15) is 5.82 Å². The van der Waals surface area contributed by atoms with E-state index in [1.54, 1.807) is 4.90 Å². The Kier molecular flexibility index (Phi) is 4.14. The van der Waals surface area contributed by atoms with Crippen molar-refractivity contribution in [2.75, 3.05) is 13.1 Å². The van der Waals surface area contributed by atoms with Crippen molar-refractivity contribution in [3.63, 3.8) is 0 Å². The number of hydrogen-bond acceptors (Lipinski definition) is 2. The lowest BCUT2D eigenvalue weighted by Crippen LogP contribution is -2.40. The zero-order valence-corrected chi connectivity index (χ0v) is 10.5. The Morgan fingerprint density at radius 1 is 1.32 bits per heavy atom. The third kappa shape index (κ3) is 3.53. The van der Waals surface area contributed by atoms with Gasteiger partial charge in [-0.15, -0.1) is 0 Å². The molecule has 4 nitrogen and oxygen atoms in total. The lowest BCUT2D eigenvalue weighted by Gasteiger charge is -2.32. The number of piperidine rings is 1. The van der Waals surface area contributed by atoms with Gasteiger partial charge in [0.15, 0.2) is 0 Å². The second-order valence-corrected chi connectivity index (χ2v) is 4.86. The van der Waals surface area contributed by atoms with E-state index in [2.05, 4.69) is 0 Å². The van der Waals surface area contributed by atoms with Gasteiger partial charge in [0.2, 0.25) is 0 Å². The van der Waals surface area contributed by atoms with Crippen molar-refractivity contribution in [3.8, 4) is 0 Å². The number of carbonyl (C=O) groups excluding carboxylic acids is 1. The number of halogens is 1. The molecule has 0 bridgehead atoms. The van der Waals surface area contributed by atoms with Crippen molar-refractivity contribution in [1.29, 1.82) is 0 Å². The van der Waals surface area contributed by atoms with Crippen LogP contribution < -0.4 is 0 Å². The first-order valence-electron chi connectivity index (χ1n) is 6.33. The molecule has 5 heteroatoms. The number of likely N-dealkylation sites (tertiary alicyclic amines) is 1. The minimum Gasteiger partial charge on any atom is -0.481 e. The highest BCUT2D eigenvalue weighted by Gasteiger charge is 2.25. The van der Waals surface area contributed by atoms with Gasteiger partial charge in [0, 0.05) is 25.1 Å². The van der Waals surface area contributed by atoms with E-state index in [-0.39, 0.29) is 24.1 Å². The summed E-state index contributed by atoms with van der Waals surface area (Å²) < 4.78 is 12.8. The van der Waals surface area contributed by atoms with E-state index < -0.39 is 5.97 Å². The molecule has 1 aliphatic heterocycles. The summed E-state index contributed by atoms with van der Waals surface area (Å²) in [5.41, 5.74) is 0.442. The number of nitrogens with zero attached hydrogens (tertiary/aromatic N) is 1. The standard InChI is InChI=1S/C14H16FNO3/c15-12-5-3-11(4-6-12)14(19)16-7-1-2-10(9-16)8-13(17)18/h3-6,10H,1-2,7-9H2,(H,17,18)/t10-/m0/s1. The molecule has 1 aliphatic rings. The molecular weight excluding hydrogens is 249 g/mol. The maximum absolute atomic E-state index is 12.8. The van der Waals surface area contributed by atoms with Gasteiger partial charge in [-0.3, -0.25) is 9.59 Å². The SMILES string of the molecule is O=C(O)C[C@@H]1CCCN(C(=O)c2ccc(F)cc2)C1.